The highest BCUT2D eigenvalue weighted by Crippen LogP contribution is 2.49. The van der Waals surface area contributed by atoms with Crippen molar-refractivity contribution in [2.24, 2.45) is 5.92 Å². The molecule has 1 aliphatic carbocycles. The van der Waals surface area contributed by atoms with Gasteiger partial charge < -0.3 is 0 Å². The van der Waals surface area contributed by atoms with E-state index in [1.807, 2.05) is 18.2 Å². The monoisotopic (exact) mass is 257 g/mol. The maximum atomic E-state index is 12.5. The highest BCUT2D eigenvalue weighted by molar-refractivity contribution is 6.00. The van der Waals surface area contributed by atoms with Crippen LogP contribution in [0, 0.1) is 5.92 Å². The molecule has 2 fully saturated rings. The first-order valence-electron chi connectivity index (χ1n) is 7.01. The first kappa shape index (κ1) is 12.4. The second kappa shape index (κ2) is 4.48. The molecule has 0 spiro atoms. The highest BCUT2D eigenvalue weighted by atomic mass is 16.2. The molecule has 0 radical (unpaired) electrons. The Labute approximate surface area is 113 Å². The van der Waals surface area contributed by atoms with Gasteiger partial charge in [0.05, 0.1) is 0 Å². The Morgan fingerprint density at radius 2 is 1.89 bits per heavy atom. The molecule has 0 unspecified atom stereocenters. The van der Waals surface area contributed by atoms with Crippen LogP contribution in [-0.2, 0) is 15.0 Å². The zero-order valence-corrected chi connectivity index (χ0v) is 11.3. The number of carbonyl (C=O) groups excluding carboxylic acids is 2. The Hall–Kier alpha value is -1.64. The van der Waals surface area contributed by atoms with E-state index in [9.17, 15) is 9.59 Å². The van der Waals surface area contributed by atoms with E-state index >= 15 is 0 Å². The number of rotatable bonds is 1. The molecule has 1 aromatic carbocycles. The molecule has 1 heterocycles. The number of piperidine rings is 1. The van der Waals surface area contributed by atoms with Gasteiger partial charge in [0, 0.05) is 24.8 Å². The van der Waals surface area contributed by atoms with Crippen molar-refractivity contribution in [1.29, 1.82) is 0 Å². The molecule has 2 aliphatic rings. The lowest BCUT2D eigenvalue weighted by molar-refractivity contribution is -0.155. The Balaban J connectivity index is 2.09. The summed E-state index contributed by atoms with van der Waals surface area (Å²) in [7, 11) is 1.62. The van der Waals surface area contributed by atoms with Crippen LogP contribution in [0.3, 0.4) is 0 Å². The molecule has 1 saturated heterocycles. The van der Waals surface area contributed by atoms with E-state index in [-0.39, 0.29) is 23.1 Å². The minimum absolute atomic E-state index is 0.0137. The number of imide groups is 1. The van der Waals surface area contributed by atoms with Crippen molar-refractivity contribution in [2.75, 3.05) is 7.05 Å². The number of fused-ring (bicyclic) bond motifs is 1. The minimum atomic E-state index is -0.250. The van der Waals surface area contributed by atoms with E-state index in [1.54, 1.807) is 7.05 Å². The molecule has 1 saturated carbocycles. The van der Waals surface area contributed by atoms with E-state index < -0.39 is 0 Å². The summed E-state index contributed by atoms with van der Waals surface area (Å²) in [5.74, 6) is -0.0434. The van der Waals surface area contributed by atoms with Gasteiger partial charge in [0.15, 0.2) is 0 Å². The predicted octanol–water partition coefficient (Wildman–Crippen LogP) is 2.50. The predicted molar refractivity (Wildman–Crippen MR) is 72.5 cm³/mol. The minimum Gasteiger partial charge on any atom is -0.285 e. The van der Waals surface area contributed by atoms with Crippen LogP contribution in [-0.4, -0.2) is 23.8 Å². The van der Waals surface area contributed by atoms with Crippen molar-refractivity contribution in [3.63, 3.8) is 0 Å². The maximum Gasteiger partial charge on any atom is 0.232 e. The summed E-state index contributed by atoms with van der Waals surface area (Å²) in [6, 6.07) is 10.1. The van der Waals surface area contributed by atoms with Crippen molar-refractivity contribution < 1.29 is 9.59 Å². The lowest BCUT2D eigenvalue weighted by Gasteiger charge is -2.48. The van der Waals surface area contributed by atoms with Gasteiger partial charge in [-0.2, -0.15) is 0 Å². The lowest BCUT2D eigenvalue weighted by atomic mass is 9.58. The lowest BCUT2D eigenvalue weighted by Crippen LogP contribution is -2.56. The van der Waals surface area contributed by atoms with Gasteiger partial charge in [-0.25, -0.2) is 0 Å². The Bertz CT molecular complexity index is 511. The van der Waals surface area contributed by atoms with Crippen molar-refractivity contribution >= 4 is 11.8 Å². The van der Waals surface area contributed by atoms with Crippen molar-refractivity contribution in [3.05, 3.63) is 35.9 Å². The van der Waals surface area contributed by atoms with Gasteiger partial charge in [-0.3, -0.25) is 14.5 Å². The third kappa shape index (κ3) is 1.79. The van der Waals surface area contributed by atoms with Gasteiger partial charge in [-0.05, 0) is 18.4 Å². The fourth-order valence-electron chi connectivity index (χ4n) is 3.77. The summed E-state index contributed by atoms with van der Waals surface area (Å²) in [4.78, 5) is 25.9. The Kier molecular flexibility index (Phi) is 2.92. The summed E-state index contributed by atoms with van der Waals surface area (Å²) in [5, 5.41) is 0. The standard InChI is InChI=1S/C16H19NO2/c1-17-14(18)11-16(12-7-3-2-4-8-12)10-6-5-9-13(16)15(17)19/h2-4,7-8,13H,5-6,9-11H2,1H3/t13-,16-/m1/s1. The molecule has 1 aromatic rings. The van der Waals surface area contributed by atoms with Crippen LogP contribution in [0.25, 0.3) is 0 Å². The average Bonchev–Trinajstić information content (AvgIpc) is 2.46. The molecule has 0 aromatic heterocycles. The number of hydrogen-bond acceptors (Lipinski definition) is 2. The number of nitrogens with zero attached hydrogens (tertiary/aromatic N) is 1. The van der Waals surface area contributed by atoms with E-state index in [2.05, 4.69) is 12.1 Å². The molecule has 3 heteroatoms. The smallest absolute Gasteiger partial charge is 0.232 e. The van der Waals surface area contributed by atoms with Gasteiger partial charge >= 0.3 is 0 Å². The van der Waals surface area contributed by atoms with Gasteiger partial charge in [0.2, 0.25) is 11.8 Å². The van der Waals surface area contributed by atoms with Crippen LogP contribution in [0.1, 0.15) is 37.7 Å². The first-order chi connectivity index (χ1) is 9.15. The fourth-order valence-corrected chi connectivity index (χ4v) is 3.77. The van der Waals surface area contributed by atoms with Crippen LogP contribution < -0.4 is 0 Å². The zero-order valence-electron chi connectivity index (χ0n) is 11.3. The van der Waals surface area contributed by atoms with Gasteiger partial charge in [0.1, 0.15) is 0 Å². The van der Waals surface area contributed by atoms with Gasteiger partial charge in [0.25, 0.3) is 0 Å². The van der Waals surface area contributed by atoms with E-state index in [1.165, 1.54) is 4.90 Å². The van der Waals surface area contributed by atoms with Crippen molar-refractivity contribution in [2.45, 2.75) is 37.5 Å². The van der Waals surface area contributed by atoms with Crippen LogP contribution in [0.5, 0.6) is 0 Å². The number of amides is 2. The van der Waals surface area contributed by atoms with Crippen LogP contribution in [0.2, 0.25) is 0 Å². The van der Waals surface area contributed by atoms with E-state index in [0.29, 0.717) is 6.42 Å². The largest absolute Gasteiger partial charge is 0.285 e. The third-order valence-corrected chi connectivity index (χ3v) is 4.85. The summed E-state index contributed by atoms with van der Waals surface area (Å²) in [6.07, 6.45) is 4.53. The van der Waals surface area contributed by atoms with E-state index in [0.717, 1.165) is 31.2 Å². The SMILES string of the molecule is CN1C(=O)C[C@@]2(c3ccccc3)CCCC[C@@H]2C1=O. The molecule has 1 aliphatic heterocycles. The third-order valence-electron chi connectivity index (χ3n) is 4.85. The van der Waals surface area contributed by atoms with Crippen molar-refractivity contribution in [3.8, 4) is 0 Å². The molecule has 3 rings (SSSR count). The molecule has 3 nitrogen and oxygen atoms in total. The zero-order chi connectivity index (χ0) is 13.5. The highest BCUT2D eigenvalue weighted by Gasteiger charge is 2.52. The summed E-state index contributed by atoms with van der Waals surface area (Å²) in [6.45, 7) is 0. The quantitative estimate of drug-likeness (QED) is 0.725. The Morgan fingerprint density at radius 1 is 1.16 bits per heavy atom. The summed E-state index contributed by atoms with van der Waals surface area (Å²) >= 11 is 0. The molecule has 2 atom stereocenters. The van der Waals surface area contributed by atoms with Crippen LogP contribution >= 0.6 is 0 Å². The number of likely N-dealkylation sites (tertiary alicyclic amines) is 1. The second-order valence-corrected chi connectivity index (χ2v) is 5.79. The molecule has 0 bridgehead atoms. The summed E-state index contributed by atoms with van der Waals surface area (Å²) < 4.78 is 0. The van der Waals surface area contributed by atoms with Gasteiger partial charge in [-0.1, -0.05) is 43.2 Å². The number of hydrogen-bond donors (Lipinski definition) is 0. The maximum absolute atomic E-state index is 12.5. The number of benzene rings is 1. The molecule has 100 valence electrons. The average molecular weight is 257 g/mol. The van der Waals surface area contributed by atoms with Gasteiger partial charge in [-0.15, -0.1) is 0 Å². The molecule has 2 amide bonds. The normalized spacial score (nSPS) is 31.2. The molecular formula is C16H19NO2. The summed E-state index contributed by atoms with van der Waals surface area (Å²) in [5.41, 5.74) is 0.912. The van der Waals surface area contributed by atoms with Crippen molar-refractivity contribution in [1.82, 2.24) is 4.90 Å². The number of carbonyl (C=O) groups is 2. The fraction of sp³-hybridized carbons (Fsp3) is 0.500. The van der Waals surface area contributed by atoms with Crippen LogP contribution in [0.4, 0.5) is 0 Å². The van der Waals surface area contributed by atoms with E-state index in [4.69, 9.17) is 0 Å². The first-order valence-corrected chi connectivity index (χ1v) is 7.01. The second-order valence-electron chi connectivity index (χ2n) is 5.79. The molecular weight excluding hydrogens is 238 g/mol. The Morgan fingerprint density at radius 3 is 2.63 bits per heavy atom. The molecule has 19 heavy (non-hydrogen) atoms. The van der Waals surface area contributed by atoms with Crippen LogP contribution in [0.15, 0.2) is 30.3 Å². The molecule has 0 N–H and O–H groups in total. The topological polar surface area (TPSA) is 37.4 Å².